The van der Waals surface area contributed by atoms with Crippen LogP contribution in [0, 0.1) is 5.92 Å². The number of carbonyl (C=O) groups is 3. The lowest BCUT2D eigenvalue weighted by molar-refractivity contribution is -0.138. The lowest BCUT2D eigenvalue weighted by Gasteiger charge is -2.38. The van der Waals surface area contributed by atoms with Gasteiger partial charge in [-0.3, -0.25) is 14.4 Å². The molecule has 2 fully saturated rings. The van der Waals surface area contributed by atoms with E-state index in [9.17, 15) is 14.4 Å². The average Bonchev–Trinajstić information content (AvgIpc) is 3.39. The Balaban J connectivity index is 1.34. The maximum absolute atomic E-state index is 13.0. The zero-order valence-electron chi connectivity index (χ0n) is 19.5. The number of nitrogens with one attached hydrogen (secondary N) is 1. The first kappa shape index (κ1) is 24.1. The van der Waals surface area contributed by atoms with Gasteiger partial charge in [0, 0.05) is 45.0 Å². The van der Waals surface area contributed by atoms with Gasteiger partial charge in [-0.25, -0.2) is 0 Å². The van der Waals surface area contributed by atoms with Crippen molar-refractivity contribution in [2.24, 2.45) is 5.92 Å². The van der Waals surface area contributed by atoms with Crippen molar-refractivity contribution in [2.45, 2.75) is 19.8 Å². The van der Waals surface area contributed by atoms with Crippen molar-refractivity contribution >= 4 is 34.7 Å². The Hall–Kier alpha value is -3.05. The number of hydrogen-bond donors (Lipinski definition) is 1. The van der Waals surface area contributed by atoms with E-state index in [2.05, 4.69) is 27.3 Å². The highest BCUT2D eigenvalue weighted by Crippen LogP contribution is 2.23. The summed E-state index contributed by atoms with van der Waals surface area (Å²) in [6.07, 6.45) is 1.54. The average molecular weight is 487 g/mol. The van der Waals surface area contributed by atoms with Crippen LogP contribution in [0.25, 0.3) is 0 Å². The Bertz CT molecular complexity index is 1020. The third kappa shape index (κ3) is 5.53. The number of hydrogen-bond acceptors (Lipinski definition) is 8. The molecule has 3 amide bonds. The second kappa shape index (κ2) is 10.9. The van der Waals surface area contributed by atoms with E-state index in [-0.39, 0.29) is 27.7 Å². The molecule has 1 aromatic carbocycles. The van der Waals surface area contributed by atoms with Crippen molar-refractivity contribution in [3.63, 3.8) is 0 Å². The number of methoxy groups -OCH3 is 1. The van der Waals surface area contributed by atoms with Gasteiger partial charge < -0.3 is 24.8 Å². The van der Waals surface area contributed by atoms with Gasteiger partial charge in [-0.1, -0.05) is 18.3 Å². The van der Waals surface area contributed by atoms with Crippen LogP contribution in [0.2, 0.25) is 0 Å². The Kier molecular flexibility index (Phi) is 7.73. The number of likely N-dealkylation sites (tertiary alicyclic amines) is 1. The normalized spacial score (nSPS) is 19.1. The molecule has 0 bridgehead atoms. The SMILES string of the molecule is CCN1CCN(C(=O)[C@H]2CCCN(C(=O)c3nnc(C(=O)Nc4ccc(OC)cc4)s3)C2)CC1. The molecule has 2 aliphatic rings. The van der Waals surface area contributed by atoms with Gasteiger partial charge in [-0.05, 0) is 43.7 Å². The maximum Gasteiger partial charge on any atom is 0.286 e. The third-order valence-corrected chi connectivity index (χ3v) is 7.25. The summed E-state index contributed by atoms with van der Waals surface area (Å²) in [5, 5.41) is 10.9. The number of piperazine rings is 1. The van der Waals surface area contributed by atoms with E-state index in [1.54, 1.807) is 36.3 Å². The molecule has 182 valence electrons. The number of ether oxygens (including phenoxy) is 1. The molecule has 1 N–H and O–H groups in total. The van der Waals surface area contributed by atoms with Crippen molar-refractivity contribution < 1.29 is 19.1 Å². The first-order chi connectivity index (χ1) is 16.5. The molecule has 10 nitrogen and oxygen atoms in total. The largest absolute Gasteiger partial charge is 0.497 e. The predicted molar refractivity (Wildman–Crippen MR) is 128 cm³/mol. The van der Waals surface area contributed by atoms with Gasteiger partial charge in [0.1, 0.15) is 5.75 Å². The molecule has 2 saturated heterocycles. The number of likely N-dealkylation sites (N-methyl/N-ethyl adjacent to an activating group) is 1. The fourth-order valence-electron chi connectivity index (χ4n) is 4.30. The molecule has 4 rings (SSSR count). The Morgan fingerprint density at radius 1 is 1.03 bits per heavy atom. The lowest BCUT2D eigenvalue weighted by Crippen LogP contribution is -2.52. The molecule has 2 aliphatic heterocycles. The molecule has 2 aromatic rings. The molecule has 0 aliphatic carbocycles. The number of aromatic nitrogens is 2. The minimum absolute atomic E-state index is 0.109. The van der Waals surface area contributed by atoms with Crippen LogP contribution in [0.4, 0.5) is 5.69 Å². The van der Waals surface area contributed by atoms with Crippen molar-refractivity contribution in [1.82, 2.24) is 24.9 Å². The third-order valence-electron chi connectivity index (χ3n) is 6.34. The number of amides is 3. The van der Waals surface area contributed by atoms with Crippen LogP contribution in [0.15, 0.2) is 24.3 Å². The molecule has 0 unspecified atom stereocenters. The summed E-state index contributed by atoms with van der Waals surface area (Å²) in [7, 11) is 1.57. The van der Waals surface area contributed by atoms with Crippen molar-refractivity contribution in [2.75, 3.05) is 58.2 Å². The molecule has 34 heavy (non-hydrogen) atoms. The number of rotatable bonds is 6. The van der Waals surface area contributed by atoms with Crippen LogP contribution in [0.3, 0.4) is 0 Å². The minimum atomic E-state index is -0.431. The van der Waals surface area contributed by atoms with Crippen LogP contribution in [-0.4, -0.2) is 95.5 Å². The highest BCUT2D eigenvalue weighted by atomic mass is 32.1. The van der Waals surface area contributed by atoms with E-state index >= 15 is 0 Å². The molecule has 0 spiro atoms. The van der Waals surface area contributed by atoms with E-state index < -0.39 is 5.91 Å². The van der Waals surface area contributed by atoms with E-state index in [1.165, 1.54) is 0 Å². The van der Waals surface area contributed by atoms with Gasteiger partial charge >= 0.3 is 0 Å². The van der Waals surface area contributed by atoms with Crippen LogP contribution >= 0.6 is 11.3 Å². The van der Waals surface area contributed by atoms with Gasteiger partial charge in [-0.15, -0.1) is 10.2 Å². The van der Waals surface area contributed by atoms with Crippen LogP contribution in [0.5, 0.6) is 5.75 Å². The summed E-state index contributed by atoms with van der Waals surface area (Å²) in [5.74, 6) is -0.0982. The number of piperidine rings is 1. The fraction of sp³-hybridized carbons (Fsp3) is 0.522. The van der Waals surface area contributed by atoms with Crippen molar-refractivity contribution in [3.8, 4) is 5.75 Å². The molecule has 11 heteroatoms. The van der Waals surface area contributed by atoms with E-state index in [0.717, 1.165) is 56.9 Å². The second-order valence-electron chi connectivity index (χ2n) is 8.44. The molecule has 0 saturated carbocycles. The number of benzene rings is 1. The van der Waals surface area contributed by atoms with Crippen molar-refractivity contribution in [1.29, 1.82) is 0 Å². The summed E-state index contributed by atoms with van der Waals surface area (Å²) >= 11 is 0.959. The summed E-state index contributed by atoms with van der Waals surface area (Å²) in [6.45, 7) is 7.32. The summed E-state index contributed by atoms with van der Waals surface area (Å²) in [4.78, 5) is 44.5. The van der Waals surface area contributed by atoms with Gasteiger partial charge in [0.25, 0.3) is 11.8 Å². The maximum atomic E-state index is 13.0. The zero-order valence-corrected chi connectivity index (χ0v) is 20.3. The Morgan fingerprint density at radius 3 is 2.41 bits per heavy atom. The minimum Gasteiger partial charge on any atom is -0.497 e. The van der Waals surface area contributed by atoms with Gasteiger partial charge in [0.05, 0.1) is 13.0 Å². The van der Waals surface area contributed by atoms with Gasteiger partial charge in [-0.2, -0.15) is 0 Å². The first-order valence-electron chi connectivity index (χ1n) is 11.6. The van der Waals surface area contributed by atoms with Crippen LogP contribution < -0.4 is 10.1 Å². The Labute approximate surface area is 202 Å². The van der Waals surface area contributed by atoms with Crippen LogP contribution in [-0.2, 0) is 4.79 Å². The second-order valence-corrected chi connectivity index (χ2v) is 9.42. The monoisotopic (exact) mass is 486 g/mol. The quantitative estimate of drug-likeness (QED) is 0.664. The van der Waals surface area contributed by atoms with E-state index in [1.807, 2.05) is 4.90 Å². The summed E-state index contributed by atoms with van der Waals surface area (Å²) in [5.41, 5.74) is 0.589. The summed E-state index contributed by atoms with van der Waals surface area (Å²) < 4.78 is 5.11. The highest BCUT2D eigenvalue weighted by molar-refractivity contribution is 7.15. The van der Waals surface area contributed by atoms with E-state index in [4.69, 9.17) is 4.74 Å². The first-order valence-corrected chi connectivity index (χ1v) is 12.4. The standard InChI is InChI=1S/C23H30N6O4S/c1-3-27-11-13-28(14-12-27)22(31)16-5-4-10-29(15-16)23(32)21-26-25-20(34-21)19(30)24-17-6-8-18(33-2)9-7-17/h6-9,16H,3-5,10-15H2,1-2H3,(H,24,30)/t16-/m0/s1. The molecule has 0 radical (unpaired) electrons. The molecule has 1 atom stereocenters. The van der Waals surface area contributed by atoms with Crippen LogP contribution in [0.1, 0.15) is 39.4 Å². The number of carbonyl (C=O) groups excluding carboxylic acids is 3. The summed E-state index contributed by atoms with van der Waals surface area (Å²) in [6, 6.07) is 6.92. The lowest BCUT2D eigenvalue weighted by atomic mass is 9.96. The molecule has 3 heterocycles. The molecular formula is C23H30N6O4S. The molecule has 1 aromatic heterocycles. The zero-order chi connectivity index (χ0) is 24.1. The molecular weight excluding hydrogens is 456 g/mol. The predicted octanol–water partition coefficient (Wildman–Crippen LogP) is 1.82. The highest BCUT2D eigenvalue weighted by Gasteiger charge is 2.34. The fourth-order valence-corrected chi connectivity index (χ4v) is 5.01. The Morgan fingerprint density at radius 2 is 1.74 bits per heavy atom. The number of nitrogens with zero attached hydrogens (tertiary/aromatic N) is 5. The smallest absolute Gasteiger partial charge is 0.286 e. The van der Waals surface area contributed by atoms with Gasteiger partial charge in [0.2, 0.25) is 15.9 Å². The van der Waals surface area contributed by atoms with Crippen molar-refractivity contribution in [3.05, 3.63) is 34.3 Å². The number of anilines is 1. The van der Waals surface area contributed by atoms with Gasteiger partial charge in [0.15, 0.2) is 0 Å². The topological polar surface area (TPSA) is 108 Å². The van der Waals surface area contributed by atoms with E-state index in [0.29, 0.717) is 24.5 Å².